The van der Waals surface area contributed by atoms with Crippen LogP contribution in [0, 0.1) is 10.1 Å². The third-order valence-electron chi connectivity index (χ3n) is 1.41. The Bertz CT molecular complexity index is 412. The number of carbonyl (C=O) groups is 1. The minimum atomic E-state index is -2.82. The first-order valence-corrected chi connectivity index (χ1v) is 3.27. The summed E-state index contributed by atoms with van der Waals surface area (Å²) in [5.74, 6) is -1.05. The fourth-order valence-electron chi connectivity index (χ4n) is 0.778. The normalized spacial score (nSPS) is 13.7. The quantitative estimate of drug-likeness (QED) is 0.395. The van der Waals surface area contributed by atoms with Gasteiger partial charge in [-0.05, 0) is 12.1 Å². The summed E-state index contributed by atoms with van der Waals surface area (Å²) in [7, 11) is -2.82. The highest BCUT2D eigenvalue weighted by atomic mass is 16.6. The molecule has 0 spiro atoms. The van der Waals surface area contributed by atoms with E-state index in [9.17, 15) is 14.9 Å². The molecule has 0 bridgehead atoms. The molecule has 0 radical (unpaired) electrons. The molecule has 68 valence electrons. The van der Waals surface area contributed by atoms with Crippen molar-refractivity contribution in [3.63, 3.8) is 0 Å². The van der Waals surface area contributed by atoms with Crippen molar-refractivity contribution in [3.8, 4) is 0 Å². The molecule has 0 amide bonds. The summed E-state index contributed by atoms with van der Waals surface area (Å²) in [6.45, 7) is 0. The van der Waals surface area contributed by atoms with E-state index in [0.717, 1.165) is 24.3 Å². The van der Waals surface area contributed by atoms with Crippen molar-refractivity contribution in [3.05, 3.63) is 39.9 Å². The summed E-state index contributed by atoms with van der Waals surface area (Å²) >= 11 is 0. The molecule has 0 aromatic heterocycles. The summed E-state index contributed by atoms with van der Waals surface area (Å²) < 4.78 is 24.2. The van der Waals surface area contributed by atoms with Gasteiger partial charge in [0.15, 0.2) is 0 Å². The maximum absolute atomic E-state index is 11.2. The number of hydrogen-bond acceptors (Lipinski definition) is 4. The number of esters is 1. The summed E-state index contributed by atoms with van der Waals surface area (Å²) in [5, 5.41) is 10.3. The highest BCUT2D eigenvalue weighted by Gasteiger charge is 2.08. The molecule has 0 aliphatic rings. The van der Waals surface area contributed by atoms with Gasteiger partial charge >= 0.3 is 5.97 Å². The topological polar surface area (TPSA) is 69.4 Å². The monoisotopic (exact) mass is 184 g/mol. The Kier molecular flexibility index (Phi) is 1.60. The summed E-state index contributed by atoms with van der Waals surface area (Å²) in [5.41, 5.74) is -0.243. The Morgan fingerprint density at radius 1 is 1.54 bits per heavy atom. The van der Waals surface area contributed by atoms with Crippen molar-refractivity contribution in [1.82, 2.24) is 0 Å². The van der Waals surface area contributed by atoms with Gasteiger partial charge in [0.2, 0.25) is 0 Å². The average Bonchev–Trinajstić information content (AvgIpc) is 2.15. The predicted molar refractivity (Wildman–Crippen MR) is 44.4 cm³/mol. The zero-order valence-corrected chi connectivity index (χ0v) is 6.39. The number of nitrogens with zero attached hydrogens (tertiary/aromatic N) is 1. The van der Waals surface area contributed by atoms with Crippen LogP contribution in [-0.2, 0) is 4.74 Å². The second-order valence-electron chi connectivity index (χ2n) is 2.19. The van der Waals surface area contributed by atoms with Gasteiger partial charge in [-0.2, -0.15) is 0 Å². The Balaban J connectivity index is 2.82. The standard InChI is InChI=1S/C8H7NO4/c1-13-8(10)6-2-4-7(5-3-6)9(11)12/h2-5H,1H3/i1D3. The van der Waals surface area contributed by atoms with E-state index in [0.29, 0.717) is 0 Å². The second-order valence-corrected chi connectivity index (χ2v) is 2.19. The number of benzene rings is 1. The molecule has 5 heteroatoms. The lowest BCUT2D eigenvalue weighted by atomic mass is 10.2. The van der Waals surface area contributed by atoms with E-state index in [1.54, 1.807) is 0 Å². The van der Waals surface area contributed by atoms with Crippen LogP contribution in [0.5, 0.6) is 0 Å². The average molecular weight is 184 g/mol. The largest absolute Gasteiger partial charge is 0.465 e. The smallest absolute Gasteiger partial charge is 0.337 e. The Hall–Kier alpha value is -1.91. The van der Waals surface area contributed by atoms with Gasteiger partial charge in [-0.15, -0.1) is 0 Å². The zero-order chi connectivity index (χ0) is 12.3. The van der Waals surface area contributed by atoms with Crippen LogP contribution in [0.1, 0.15) is 14.5 Å². The Morgan fingerprint density at radius 3 is 2.62 bits per heavy atom. The number of non-ortho nitro benzene ring substituents is 1. The van der Waals surface area contributed by atoms with Gasteiger partial charge in [0.05, 0.1) is 21.6 Å². The van der Waals surface area contributed by atoms with Crippen LogP contribution >= 0.6 is 0 Å². The van der Waals surface area contributed by atoms with E-state index in [1.165, 1.54) is 0 Å². The lowest BCUT2D eigenvalue weighted by Gasteiger charge is -1.97. The SMILES string of the molecule is [2H]C([2H])([2H])OC(=O)c1ccc([N+](=O)[O-])cc1. The van der Waals surface area contributed by atoms with E-state index < -0.39 is 17.9 Å². The van der Waals surface area contributed by atoms with E-state index in [-0.39, 0.29) is 11.3 Å². The van der Waals surface area contributed by atoms with E-state index in [1.807, 2.05) is 0 Å². The molecule has 0 heterocycles. The summed E-state index contributed by atoms with van der Waals surface area (Å²) in [4.78, 5) is 20.9. The number of carbonyl (C=O) groups excluding carboxylic acids is 1. The second kappa shape index (κ2) is 3.66. The number of ether oxygens (including phenoxy) is 1. The van der Waals surface area contributed by atoms with Gasteiger partial charge in [-0.1, -0.05) is 0 Å². The first-order valence-electron chi connectivity index (χ1n) is 4.77. The first-order chi connectivity index (χ1) is 7.29. The van der Waals surface area contributed by atoms with Crippen LogP contribution in [0.4, 0.5) is 5.69 Å². The van der Waals surface area contributed by atoms with Crippen LogP contribution < -0.4 is 0 Å². The molecule has 0 aliphatic heterocycles. The lowest BCUT2D eigenvalue weighted by molar-refractivity contribution is -0.384. The number of rotatable bonds is 2. The number of nitro benzene ring substituents is 1. The molecule has 0 unspecified atom stereocenters. The Labute approximate surface area is 78.3 Å². The minimum absolute atomic E-state index is 0.0540. The Morgan fingerprint density at radius 2 is 2.15 bits per heavy atom. The molecule has 1 rings (SSSR count). The molecular formula is C8H7NO4. The molecule has 5 nitrogen and oxygen atoms in total. The van der Waals surface area contributed by atoms with Crippen molar-refractivity contribution in [2.45, 2.75) is 0 Å². The van der Waals surface area contributed by atoms with Crippen LogP contribution in [0.3, 0.4) is 0 Å². The molecule has 0 atom stereocenters. The molecule has 0 N–H and O–H groups in total. The predicted octanol–water partition coefficient (Wildman–Crippen LogP) is 1.38. The third-order valence-corrected chi connectivity index (χ3v) is 1.41. The summed E-state index contributed by atoms with van der Waals surface area (Å²) in [6.07, 6.45) is 0. The highest BCUT2D eigenvalue weighted by molar-refractivity contribution is 5.89. The van der Waals surface area contributed by atoms with Gasteiger partial charge in [-0.3, -0.25) is 10.1 Å². The van der Waals surface area contributed by atoms with Crippen molar-refractivity contribution in [2.24, 2.45) is 0 Å². The lowest BCUT2D eigenvalue weighted by Crippen LogP contribution is -2.00. The fourth-order valence-corrected chi connectivity index (χ4v) is 0.778. The third kappa shape index (κ3) is 2.02. The number of hydrogen-bond donors (Lipinski definition) is 0. The molecule has 0 aliphatic carbocycles. The van der Waals surface area contributed by atoms with Crippen molar-refractivity contribution in [1.29, 1.82) is 0 Å². The molecule has 0 saturated heterocycles. The van der Waals surface area contributed by atoms with Gasteiger partial charge in [-0.25, -0.2) is 4.79 Å². The van der Waals surface area contributed by atoms with Crippen LogP contribution in [0.25, 0.3) is 0 Å². The molecule has 13 heavy (non-hydrogen) atoms. The molecule has 1 aromatic carbocycles. The van der Waals surface area contributed by atoms with E-state index in [4.69, 9.17) is 4.11 Å². The van der Waals surface area contributed by atoms with Crippen molar-refractivity contribution >= 4 is 11.7 Å². The maximum atomic E-state index is 11.2. The van der Waals surface area contributed by atoms with Gasteiger partial charge in [0.25, 0.3) is 5.69 Å². The van der Waals surface area contributed by atoms with Crippen LogP contribution in [0.15, 0.2) is 24.3 Å². The molecule has 0 saturated carbocycles. The number of methoxy groups -OCH3 is 1. The number of nitro groups is 1. The molecular weight excluding hydrogens is 174 g/mol. The molecule has 0 fully saturated rings. The summed E-state index contributed by atoms with van der Waals surface area (Å²) in [6, 6.07) is 4.45. The first kappa shape index (κ1) is 5.69. The van der Waals surface area contributed by atoms with Gasteiger partial charge < -0.3 is 4.74 Å². The van der Waals surface area contributed by atoms with Crippen LogP contribution in [0.2, 0.25) is 0 Å². The van der Waals surface area contributed by atoms with E-state index >= 15 is 0 Å². The zero-order valence-electron chi connectivity index (χ0n) is 9.39. The highest BCUT2D eigenvalue weighted by Crippen LogP contribution is 2.12. The van der Waals surface area contributed by atoms with Gasteiger partial charge in [0, 0.05) is 12.1 Å². The fraction of sp³-hybridized carbons (Fsp3) is 0.125. The maximum Gasteiger partial charge on any atom is 0.337 e. The van der Waals surface area contributed by atoms with Crippen molar-refractivity contribution < 1.29 is 18.6 Å². The van der Waals surface area contributed by atoms with Crippen molar-refractivity contribution in [2.75, 3.05) is 7.04 Å². The van der Waals surface area contributed by atoms with E-state index in [2.05, 4.69) is 4.74 Å². The van der Waals surface area contributed by atoms with Crippen LogP contribution in [-0.4, -0.2) is 17.9 Å². The molecule has 1 aromatic rings. The van der Waals surface area contributed by atoms with Gasteiger partial charge in [0.1, 0.15) is 0 Å². The minimum Gasteiger partial charge on any atom is -0.465 e.